The molecule has 19 heavy (non-hydrogen) atoms. The highest BCUT2D eigenvalue weighted by Crippen LogP contribution is 2.30. The van der Waals surface area contributed by atoms with Gasteiger partial charge in [0.25, 0.3) is 0 Å². The Morgan fingerprint density at radius 3 is 2.58 bits per heavy atom. The van der Waals surface area contributed by atoms with E-state index in [4.69, 9.17) is 0 Å². The van der Waals surface area contributed by atoms with Gasteiger partial charge in [0.1, 0.15) is 17.6 Å². The van der Waals surface area contributed by atoms with Crippen LogP contribution in [0.1, 0.15) is 58.3 Å². The molecule has 0 aliphatic carbocycles. The molecule has 6 nitrogen and oxygen atoms in total. The highest BCUT2D eigenvalue weighted by Gasteiger charge is 2.37. The number of nitrogens with one attached hydrogen (secondary N) is 2. The summed E-state index contributed by atoms with van der Waals surface area (Å²) in [4.78, 5) is 16.4. The van der Waals surface area contributed by atoms with Gasteiger partial charge in [-0.25, -0.2) is 4.98 Å². The number of carbonyl (C=O) groups excluding carboxylic acids is 1. The summed E-state index contributed by atoms with van der Waals surface area (Å²) in [5.41, 5.74) is -0.933. The van der Waals surface area contributed by atoms with Crippen LogP contribution in [0, 0.1) is 16.7 Å². The molecular formula is C13H21N5O. The second-order valence-electron chi connectivity index (χ2n) is 4.76. The molecule has 1 amide bonds. The first-order valence-corrected chi connectivity index (χ1v) is 6.67. The molecule has 0 saturated heterocycles. The van der Waals surface area contributed by atoms with Gasteiger partial charge in [0, 0.05) is 0 Å². The van der Waals surface area contributed by atoms with Crippen LogP contribution in [0.15, 0.2) is 6.33 Å². The van der Waals surface area contributed by atoms with E-state index in [1.807, 2.05) is 20.8 Å². The van der Waals surface area contributed by atoms with Gasteiger partial charge in [-0.3, -0.25) is 9.89 Å². The average Bonchev–Trinajstić information content (AvgIpc) is 2.92. The molecule has 0 aromatic carbocycles. The summed E-state index contributed by atoms with van der Waals surface area (Å²) < 4.78 is 0. The molecule has 0 bridgehead atoms. The number of hydrogen-bond acceptors (Lipinski definition) is 4. The minimum atomic E-state index is -0.933. The fourth-order valence-electron chi connectivity index (χ4n) is 2.19. The second kappa shape index (κ2) is 6.88. The van der Waals surface area contributed by atoms with Crippen LogP contribution in [-0.2, 0) is 4.79 Å². The van der Waals surface area contributed by atoms with Crippen LogP contribution < -0.4 is 5.32 Å². The van der Waals surface area contributed by atoms with Gasteiger partial charge in [-0.05, 0) is 19.8 Å². The number of carbonyl (C=O) groups is 1. The van der Waals surface area contributed by atoms with Gasteiger partial charge in [0.05, 0.1) is 12.1 Å². The van der Waals surface area contributed by atoms with Crippen LogP contribution >= 0.6 is 0 Å². The van der Waals surface area contributed by atoms with Gasteiger partial charge in [0.2, 0.25) is 5.91 Å². The highest BCUT2D eigenvalue weighted by molar-refractivity contribution is 5.85. The Balaban J connectivity index is 2.80. The van der Waals surface area contributed by atoms with Crippen molar-refractivity contribution in [1.29, 1.82) is 5.26 Å². The zero-order valence-electron chi connectivity index (χ0n) is 11.7. The molecule has 0 saturated carbocycles. The van der Waals surface area contributed by atoms with E-state index in [2.05, 4.69) is 26.6 Å². The number of aromatic nitrogens is 3. The molecule has 1 rings (SSSR count). The lowest BCUT2D eigenvalue weighted by Crippen LogP contribution is -2.41. The summed E-state index contributed by atoms with van der Waals surface area (Å²) >= 11 is 0. The molecule has 0 aliphatic rings. The van der Waals surface area contributed by atoms with Crippen molar-refractivity contribution < 1.29 is 4.79 Å². The van der Waals surface area contributed by atoms with Crippen LogP contribution in [0.25, 0.3) is 0 Å². The Hall–Kier alpha value is -1.90. The lowest BCUT2D eigenvalue weighted by atomic mass is 9.79. The maximum Gasteiger partial charge on any atom is 0.241 e. The first-order chi connectivity index (χ1) is 9.09. The van der Waals surface area contributed by atoms with Crippen LogP contribution in [0.2, 0.25) is 0 Å². The Labute approximate surface area is 113 Å². The molecule has 0 aliphatic heterocycles. The number of H-pyrrole nitrogens is 1. The molecule has 0 spiro atoms. The van der Waals surface area contributed by atoms with Crippen LogP contribution in [0.5, 0.6) is 0 Å². The summed E-state index contributed by atoms with van der Waals surface area (Å²) in [6, 6.07) is 1.93. The summed E-state index contributed by atoms with van der Waals surface area (Å²) in [5, 5.41) is 18.7. The monoisotopic (exact) mass is 263 g/mol. The van der Waals surface area contributed by atoms with Crippen molar-refractivity contribution >= 4 is 5.91 Å². The standard InChI is InChI=1S/C13H21N5O/c1-4-6-13(8-14,7-5-2)12(19)17-10(3)11-15-9-16-18-11/h9-10H,4-7H2,1-3H3,(H,17,19)(H,15,16,18). The zero-order chi connectivity index (χ0) is 14.3. The smallest absolute Gasteiger partial charge is 0.241 e. The van der Waals surface area contributed by atoms with Gasteiger partial charge < -0.3 is 5.32 Å². The number of aromatic amines is 1. The van der Waals surface area contributed by atoms with E-state index in [0.717, 1.165) is 12.8 Å². The Kier molecular flexibility index (Phi) is 5.49. The Bertz CT molecular complexity index is 428. The van der Waals surface area contributed by atoms with Crippen LogP contribution in [0.4, 0.5) is 0 Å². The minimum Gasteiger partial charge on any atom is -0.345 e. The molecule has 1 aromatic heterocycles. The number of nitrogens with zero attached hydrogens (tertiary/aromatic N) is 3. The second-order valence-corrected chi connectivity index (χ2v) is 4.76. The van der Waals surface area contributed by atoms with Gasteiger partial charge in [-0.15, -0.1) is 0 Å². The predicted octanol–water partition coefficient (Wildman–Crippen LogP) is 2.09. The number of amides is 1. The first-order valence-electron chi connectivity index (χ1n) is 6.67. The van der Waals surface area contributed by atoms with Gasteiger partial charge in [0.15, 0.2) is 0 Å². The van der Waals surface area contributed by atoms with E-state index in [1.54, 1.807) is 0 Å². The first kappa shape index (κ1) is 15.2. The lowest BCUT2D eigenvalue weighted by molar-refractivity contribution is -0.129. The molecule has 1 atom stereocenters. The van der Waals surface area contributed by atoms with Gasteiger partial charge in [-0.2, -0.15) is 10.4 Å². The van der Waals surface area contributed by atoms with E-state index in [9.17, 15) is 10.1 Å². The summed E-state index contributed by atoms with van der Waals surface area (Å²) in [6.07, 6.45) is 4.15. The third kappa shape index (κ3) is 3.53. The van der Waals surface area contributed by atoms with Crippen molar-refractivity contribution in [1.82, 2.24) is 20.5 Å². The molecule has 104 valence electrons. The van der Waals surface area contributed by atoms with E-state index in [1.165, 1.54) is 6.33 Å². The quantitative estimate of drug-likeness (QED) is 0.787. The Morgan fingerprint density at radius 1 is 1.53 bits per heavy atom. The Morgan fingerprint density at radius 2 is 2.16 bits per heavy atom. The summed E-state index contributed by atoms with van der Waals surface area (Å²) in [5.74, 6) is 0.371. The number of hydrogen-bond donors (Lipinski definition) is 2. The molecule has 1 unspecified atom stereocenters. The van der Waals surface area contributed by atoms with Crippen LogP contribution in [-0.4, -0.2) is 21.1 Å². The van der Waals surface area contributed by atoms with Crippen molar-refractivity contribution in [2.75, 3.05) is 0 Å². The zero-order valence-corrected chi connectivity index (χ0v) is 11.7. The third-order valence-corrected chi connectivity index (χ3v) is 3.19. The maximum absolute atomic E-state index is 12.4. The van der Waals surface area contributed by atoms with Crippen molar-refractivity contribution in [2.45, 2.75) is 52.5 Å². The largest absolute Gasteiger partial charge is 0.345 e. The fraction of sp³-hybridized carbons (Fsp3) is 0.692. The number of nitriles is 1. The minimum absolute atomic E-state index is 0.220. The van der Waals surface area contributed by atoms with Crippen molar-refractivity contribution in [2.24, 2.45) is 5.41 Å². The average molecular weight is 263 g/mol. The topological polar surface area (TPSA) is 94.5 Å². The van der Waals surface area contributed by atoms with Crippen LogP contribution in [0.3, 0.4) is 0 Å². The van der Waals surface area contributed by atoms with E-state index in [0.29, 0.717) is 18.7 Å². The van der Waals surface area contributed by atoms with Crippen molar-refractivity contribution in [3.63, 3.8) is 0 Å². The van der Waals surface area contributed by atoms with E-state index < -0.39 is 5.41 Å². The molecule has 6 heteroatoms. The fourth-order valence-corrected chi connectivity index (χ4v) is 2.19. The van der Waals surface area contributed by atoms with Gasteiger partial charge in [-0.1, -0.05) is 26.7 Å². The summed E-state index contributed by atoms with van der Waals surface area (Å²) in [7, 11) is 0. The predicted molar refractivity (Wildman–Crippen MR) is 70.8 cm³/mol. The third-order valence-electron chi connectivity index (χ3n) is 3.19. The van der Waals surface area contributed by atoms with E-state index >= 15 is 0 Å². The SMILES string of the molecule is CCCC(C#N)(CCC)C(=O)NC(C)c1ncn[nH]1. The maximum atomic E-state index is 12.4. The van der Waals surface area contributed by atoms with Crippen molar-refractivity contribution in [3.8, 4) is 6.07 Å². The molecule has 1 heterocycles. The molecular weight excluding hydrogens is 242 g/mol. The highest BCUT2D eigenvalue weighted by atomic mass is 16.2. The van der Waals surface area contributed by atoms with Gasteiger partial charge >= 0.3 is 0 Å². The molecule has 0 fully saturated rings. The number of rotatable bonds is 7. The summed E-state index contributed by atoms with van der Waals surface area (Å²) in [6.45, 7) is 5.78. The molecule has 0 radical (unpaired) electrons. The normalized spacial score (nSPS) is 12.7. The van der Waals surface area contributed by atoms with Crippen molar-refractivity contribution in [3.05, 3.63) is 12.2 Å². The molecule has 1 aromatic rings. The van der Waals surface area contributed by atoms with E-state index in [-0.39, 0.29) is 11.9 Å². The lowest BCUT2D eigenvalue weighted by Gasteiger charge is -2.26. The molecule has 2 N–H and O–H groups in total.